The van der Waals surface area contributed by atoms with Crippen LogP contribution in [-0.4, -0.2) is 75.2 Å². The molecule has 1 aromatic carbocycles. The van der Waals surface area contributed by atoms with Gasteiger partial charge >= 0.3 is 0 Å². The van der Waals surface area contributed by atoms with E-state index in [0.717, 1.165) is 56.9 Å². The molecule has 1 amide bonds. The molecule has 2 aliphatic heterocycles. The van der Waals surface area contributed by atoms with Crippen molar-refractivity contribution in [2.45, 2.75) is 18.4 Å². The van der Waals surface area contributed by atoms with Crippen molar-refractivity contribution in [2.24, 2.45) is 0 Å². The lowest BCUT2D eigenvalue weighted by atomic mass is 9.85. The molecule has 2 aliphatic rings. The molecule has 0 bridgehead atoms. The average Bonchev–Trinajstić information content (AvgIpc) is 2.58. The van der Waals surface area contributed by atoms with E-state index in [9.17, 15) is 4.79 Å². The maximum Gasteiger partial charge on any atom is 0.254 e. The van der Waals surface area contributed by atoms with Gasteiger partial charge in [-0.1, -0.05) is 6.07 Å². The molecular weight excluding hydrogens is 290 g/mol. The summed E-state index contributed by atoms with van der Waals surface area (Å²) < 4.78 is 5.53. The fourth-order valence-electron chi connectivity index (χ4n) is 3.63. The molecule has 2 saturated heterocycles. The molecule has 23 heavy (non-hydrogen) atoms. The van der Waals surface area contributed by atoms with E-state index in [2.05, 4.69) is 11.9 Å². The Hall–Kier alpha value is -1.59. The van der Waals surface area contributed by atoms with Crippen LogP contribution < -0.4 is 4.90 Å². The van der Waals surface area contributed by atoms with E-state index in [-0.39, 0.29) is 11.4 Å². The number of benzene rings is 1. The molecule has 0 radical (unpaired) electrons. The molecule has 0 aliphatic carbocycles. The summed E-state index contributed by atoms with van der Waals surface area (Å²) in [4.78, 5) is 19.4. The van der Waals surface area contributed by atoms with Crippen molar-refractivity contribution < 1.29 is 9.53 Å². The van der Waals surface area contributed by atoms with Gasteiger partial charge < -0.3 is 14.5 Å². The number of piperazine rings is 1. The molecule has 2 heterocycles. The van der Waals surface area contributed by atoms with Crippen molar-refractivity contribution in [3.63, 3.8) is 0 Å². The van der Waals surface area contributed by atoms with E-state index >= 15 is 0 Å². The Kier molecular flexibility index (Phi) is 4.60. The summed E-state index contributed by atoms with van der Waals surface area (Å²) in [5.41, 5.74) is 1.93. The lowest BCUT2D eigenvalue weighted by Crippen LogP contribution is -2.63. The van der Waals surface area contributed by atoms with Crippen LogP contribution in [0.4, 0.5) is 5.69 Å². The lowest BCUT2D eigenvalue weighted by molar-refractivity contribution is -0.0543. The quantitative estimate of drug-likeness (QED) is 0.832. The minimum Gasteiger partial charge on any atom is -0.381 e. The normalized spacial score (nSPS) is 21.4. The number of carbonyl (C=O) groups is 1. The first-order valence-corrected chi connectivity index (χ1v) is 8.37. The van der Waals surface area contributed by atoms with Crippen molar-refractivity contribution in [1.82, 2.24) is 9.80 Å². The van der Waals surface area contributed by atoms with Crippen LogP contribution in [0.25, 0.3) is 0 Å². The third-order valence-corrected chi connectivity index (χ3v) is 5.32. The zero-order valence-electron chi connectivity index (χ0n) is 14.4. The second-order valence-corrected chi connectivity index (χ2v) is 6.93. The van der Waals surface area contributed by atoms with Gasteiger partial charge in [0.2, 0.25) is 0 Å². The van der Waals surface area contributed by atoms with Crippen LogP contribution >= 0.6 is 0 Å². The largest absolute Gasteiger partial charge is 0.381 e. The van der Waals surface area contributed by atoms with Crippen molar-refractivity contribution in [3.8, 4) is 0 Å². The lowest BCUT2D eigenvalue weighted by Gasteiger charge is -2.51. The van der Waals surface area contributed by atoms with Crippen molar-refractivity contribution in [2.75, 3.05) is 58.9 Å². The van der Waals surface area contributed by atoms with Gasteiger partial charge in [0.15, 0.2) is 0 Å². The smallest absolute Gasteiger partial charge is 0.254 e. The van der Waals surface area contributed by atoms with Gasteiger partial charge in [-0.2, -0.15) is 0 Å². The molecule has 1 spiro atoms. The van der Waals surface area contributed by atoms with Crippen LogP contribution in [0.15, 0.2) is 24.3 Å². The van der Waals surface area contributed by atoms with Crippen LogP contribution in [0, 0.1) is 0 Å². The third kappa shape index (κ3) is 3.21. The molecule has 2 fully saturated rings. The minimum absolute atomic E-state index is 0.0886. The van der Waals surface area contributed by atoms with E-state index in [1.54, 1.807) is 0 Å². The Morgan fingerprint density at radius 2 is 1.96 bits per heavy atom. The summed E-state index contributed by atoms with van der Waals surface area (Å²) in [6, 6.07) is 7.89. The van der Waals surface area contributed by atoms with Gasteiger partial charge in [-0.15, -0.1) is 0 Å². The van der Waals surface area contributed by atoms with E-state index in [0.29, 0.717) is 0 Å². The highest BCUT2D eigenvalue weighted by molar-refractivity contribution is 5.95. The second-order valence-electron chi connectivity index (χ2n) is 6.93. The number of rotatable bonds is 2. The molecule has 0 saturated carbocycles. The maximum absolute atomic E-state index is 13.0. The van der Waals surface area contributed by atoms with Crippen LogP contribution in [0.1, 0.15) is 23.2 Å². The Labute approximate surface area is 138 Å². The van der Waals surface area contributed by atoms with Crippen molar-refractivity contribution in [3.05, 3.63) is 29.8 Å². The molecule has 126 valence electrons. The van der Waals surface area contributed by atoms with Crippen LogP contribution in [0.5, 0.6) is 0 Å². The third-order valence-electron chi connectivity index (χ3n) is 5.32. The first-order chi connectivity index (χ1) is 11.0. The van der Waals surface area contributed by atoms with E-state index in [4.69, 9.17) is 4.74 Å². The van der Waals surface area contributed by atoms with Gasteiger partial charge in [-0.3, -0.25) is 9.69 Å². The van der Waals surface area contributed by atoms with Crippen LogP contribution in [0.2, 0.25) is 0 Å². The fraction of sp³-hybridized carbons (Fsp3) is 0.611. The Bertz CT molecular complexity index is 567. The SMILES string of the molecule is CN(C)c1cccc(C(=O)N2CCN(C)C3(CCOCC3)C2)c1. The Morgan fingerprint density at radius 3 is 2.65 bits per heavy atom. The standard InChI is InChI=1S/C18H27N3O2/c1-19(2)16-6-4-5-15(13-16)17(22)21-10-9-20(3)18(14-21)7-11-23-12-8-18/h4-6,13H,7-12,14H2,1-3H3. The molecule has 1 aromatic rings. The Balaban J connectivity index is 1.78. The van der Waals surface area contributed by atoms with Crippen LogP contribution in [-0.2, 0) is 4.74 Å². The highest BCUT2D eigenvalue weighted by Crippen LogP contribution is 2.31. The van der Waals surface area contributed by atoms with Gasteiger partial charge in [0.25, 0.3) is 5.91 Å². The predicted molar refractivity (Wildman–Crippen MR) is 92.1 cm³/mol. The summed E-state index contributed by atoms with van der Waals surface area (Å²) in [7, 11) is 6.17. The molecule has 0 N–H and O–H groups in total. The second kappa shape index (κ2) is 6.49. The number of nitrogens with zero attached hydrogens (tertiary/aromatic N) is 3. The minimum atomic E-state index is 0.0886. The highest BCUT2D eigenvalue weighted by Gasteiger charge is 2.42. The number of hydrogen-bond acceptors (Lipinski definition) is 4. The summed E-state index contributed by atoms with van der Waals surface area (Å²) in [6.45, 7) is 4.12. The van der Waals surface area contributed by atoms with Gasteiger partial charge in [0.05, 0.1) is 0 Å². The topological polar surface area (TPSA) is 36.0 Å². The maximum atomic E-state index is 13.0. The summed E-state index contributed by atoms with van der Waals surface area (Å²) >= 11 is 0. The van der Waals surface area contributed by atoms with Gasteiger partial charge in [-0.05, 0) is 38.1 Å². The molecule has 0 aromatic heterocycles. The molecule has 0 atom stereocenters. The summed E-state index contributed by atoms with van der Waals surface area (Å²) in [5, 5.41) is 0. The fourth-order valence-corrected chi connectivity index (χ4v) is 3.63. The average molecular weight is 317 g/mol. The molecule has 3 rings (SSSR count). The van der Waals surface area contributed by atoms with Crippen LogP contribution in [0.3, 0.4) is 0 Å². The molecule has 0 unspecified atom stereocenters. The van der Waals surface area contributed by atoms with Crippen molar-refractivity contribution in [1.29, 1.82) is 0 Å². The van der Waals surface area contributed by atoms with Gasteiger partial charge in [0, 0.05) is 63.7 Å². The number of amides is 1. The first kappa shape index (κ1) is 16.3. The number of likely N-dealkylation sites (N-methyl/N-ethyl adjacent to an activating group) is 1. The summed E-state index contributed by atoms with van der Waals surface area (Å²) in [6.07, 6.45) is 2.01. The van der Waals surface area contributed by atoms with E-state index < -0.39 is 0 Å². The Morgan fingerprint density at radius 1 is 1.22 bits per heavy atom. The molecular formula is C18H27N3O2. The predicted octanol–water partition coefficient (Wildman–Crippen LogP) is 1.69. The molecule has 5 heteroatoms. The summed E-state index contributed by atoms with van der Waals surface area (Å²) in [5.74, 6) is 0.146. The zero-order chi connectivity index (χ0) is 16.4. The monoisotopic (exact) mass is 317 g/mol. The number of hydrogen-bond donors (Lipinski definition) is 0. The van der Waals surface area contributed by atoms with Crippen molar-refractivity contribution >= 4 is 11.6 Å². The number of ether oxygens (including phenoxy) is 1. The van der Waals surface area contributed by atoms with E-state index in [1.165, 1.54) is 0 Å². The number of carbonyl (C=O) groups excluding carboxylic acids is 1. The highest BCUT2D eigenvalue weighted by atomic mass is 16.5. The van der Waals surface area contributed by atoms with Gasteiger partial charge in [0.1, 0.15) is 0 Å². The van der Waals surface area contributed by atoms with Gasteiger partial charge in [-0.25, -0.2) is 0 Å². The van der Waals surface area contributed by atoms with E-state index in [1.807, 2.05) is 48.2 Å². The number of anilines is 1. The zero-order valence-corrected chi connectivity index (χ0v) is 14.4. The first-order valence-electron chi connectivity index (χ1n) is 8.37. The molecule has 5 nitrogen and oxygen atoms in total.